The molecule has 1 amide bonds. The first kappa shape index (κ1) is 23.2. The van der Waals surface area contributed by atoms with Gasteiger partial charge in [0.25, 0.3) is 5.91 Å². The highest BCUT2D eigenvalue weighted by atomic mass is 16.5. The van der Waals surface area contributed by atoms with Gasteiger partial charge in [-0.1, -0.05) is 32.9 Å². The second-order valence-electron chi connectivity index (χ2n) is 9.30. The van der Waals surface area contributed by atoms with Gasteiger partial charge in [-0.25, -0.2) is 9.97 Å². The van der Waals surface area contributed by atoms with Crippen LogP contribution in [0.25, 0.3) is 5.82 Å². The Morgan fingerprint density at radius 1 is 0.941 bits per heavy atom. The van der Waals surface area contributed by atoms with Gasteiger partial charge in [0.05, 0.1) is 5.69 Å². The van der Waals surface area contributed by atoms with Crippen molar-refractivity contribution >= 4 is 11.6 Å². The van der Waals surface area contributed by atoms with E-state index in [1.807, 2.05) is 49.6 Å². The lowest BCUT2D eigenvalue weighted by Crippen LogP contribution is -2.14. The zero-order valence-electron chi connectivity index (χ0n) is 20.4. The summed E-state index contributed by atoms with van der Waals surface area (Å²) in [7, 11) is 0. The van der Waals surface area contributed by atoms with E-state index in [2.05, 4.69) is 41.0 Å². The fourth-order valence-electron chi connectivity index (χ4n) is 3.48. The van der Waals surface area contributed by atoms with Gasteiger partial charge in [0.15, 0.2) is 0 Å². The molecule has 0 aliphatic carbocycles. The summed E-state index contributed by atoms with van der Waals surface area (Å²) >= 11 is 0. The van der Waals surface area contributed by atoms with E-state index in [1.54, 1.807) is 36.7 Å². The average molecular weight is 456 g/mol. The van der Waals surface area contributed by atoms with Crippen LogP contribution in [0.2, 0.25) is 0 Å². The summed E-state index contributed by atoms with van der Waals surface area (Å²) in [4.78, 5) is 25.8. The molecule has 7 heteroatoms. The molecule has 34 heavy (non-hydrogen) atoms. The molecule has 0 spiro atoms. The molecule has 0 bridgehead atoms. The van der Waals surface area contributed by atoms with Crippen LogP contribution in [0, 0.1) is 20.8 Å². The number of amides is 1. The normalized spacial score (nSPS) is 11.4. The zero-order chi connectivity index (χ0) is 24.5. The number of hydrogen-bond acceptors (Lipinski definition) is 5. The average Bonchev–Trinajstić information content (AvgIpc) is 3.12. The summed E-state index contributed by atoms with van der Waals surface area (Å²) in [5, 5.41) is 2.93. The molecule has 1 N–H and O–H groups in total. The van der Waals surface area contributed by atoms with Gasteiger partial charge < -0.3 is 10.1 Å². The van der Waals surface area contributed by atoms with Crippen LogP contribution in [0.1, 0.15) is 53.9 Å². The lowest BCUT2D eigenvalue weighted by atomic mass is 9.87. The van der Waals surface area contributed by atoms with Crippen LogP contribution in [0.4, 0.5) is 5.69 Å². The second-order valence-corrected chi connectivity index (χ2v) is 9.30. The first-order chi connectivity index (χ1) is 16.1. The third kappa shape index (κ3) is 5.14. The van der Waals surface area contributed by atoms with Gasteiger partial charge in [0.2, 0.25) is 5.88 Å². The van der Waals surface area contributed by atoms with E-state index < -0.39 is 0 Å². The number of nitrogens with one attached hydrogen (secondary N) is 1. The molecule has 0 saturated carbocycles. The summed E-state index contributed by atoms with van der Waals surface area (Å²) in [5.74, 6) is 2.18. The van der Waals surface area contributed by atoms with E-state index in [-0.39, 0.29) is 11.3 Å². The van der Waals surface area contributed by atoms with Crippen LogP contribution < -0.4 is 10.1 Å². The number of ether oxygens (including phenoxy) is 1. The molecule has 4 rings (SSSR count). The number of benzene rings is 2. The van der Waals surface area contributed by atoms with Crippen molar-refractivity contribution in [3.05, 3.63) is 89.3 Å². The highest BCUT2D eigenvalue weighted by molar-refractivity contribution is 6.04. The molecule has 0 fully saturated rings. The second kappa shape index (κ2) is 9.09. The molecule has 7 nitrogen and oxygen atoms in total. The Hall–Kier alpha value is -4.00. The van der Waals surface area contributed by atoms with Gasteiger partial charge in [-0.05, 0) is 68.1 Å². The number of carbonyl (C=O) groups excluding carboxylic acids is 1. The summed E-state index contributed by atoms with van der Waals surface area (Å²) in [5.41, 5.74) is 4.49. The van der Waals surface area contributed by atoms with Crippen LogP contribution in [-0.2, 0) is 5.41 Å². The Morgan fingerprint density at radius 2 is 1.62 bits per heavy atom. The molecule has 0 saturated heterocycles. The molecule has 0 aliphatic rings. The SMILES string of the molecule is Cc1nc(Oc2ccc(NC(=O)c3ccc(C(C)(C)C)cc3)cc2)cc(-n2cnc(C)c2C)n1. The van der Waals surface area contributed by atoms with Gasteiger partial charge in [0, 0.05) is 23.0 Å². The molecule has 174 valence electrons. The fraction of sp³-hybridized carbons (Fsp3) is 0.259. The smallest absolute Gasteiger partial charge is 0.255 e. The summed E-state index contributed by atoms with van der Waals surface area (Å²) in [6.45, 7) is 12.2. The highest BCUT2D eigenvalue weighted by Gasteiger charge is 2.15. The monoisotopic (exact) mass is 455 g/mol. The van der Waals surface area contributed by atoms with Crippen LogP contribution >= 0.6 is 0 Å². The lowest BCUT2D eigenvalue weighted by molar-refractivity contribution is 0.102. The van der Waals surface area contributed by atoms with Gasteiger partial charge >= 0.3 is 0 Å². The molecule has 2 aromatic heterocycles. The van der Waals surface area contributed by atoms with Crippen LogP contribution in [0.5, 0.6) is 11.6 Å². The molecule has 0 radical (unpaired) electrons. The fourth-order valence-corrected chi connectivity index (χ4v) is 3.48. The molecule has 2 heterocycles. The molecule has 2 aromatic carbocycles. The first-order valence-corrected chi connectivity index (χ1v) is 11.2. The third-order valence-corrected chi connectivity index (χ3v) is 5.65. The minimum absolute atomic E-state index is 0.0460. The van der Waals surface area contributed by atoms with Gasteiger partial charge in [-0.3, -0.25) is 9.36 Å². The van der Waals surface area contributed by atoms with E-state index in [0.29, 0.717) is 34.5 Å². The number of aryl methyl sites for hydroxylation is 2. The van der Waals surface area contributed by atoms with Crippen LogP contribution in [0.15, 0.2) is 60.9 Å². The predicted molar refractivity (Wildman–Crippen MR) is 133 cm³/mol. The Morgan fingerprint density at radius 3 is 2.21 bits per heavy atom. The number of nitrogens with zero attached hydrogens (tertiary/aromatic N) is 4. The van der Waals surface area contributed by atoms with Crippen molar-refractivity contribution in [3.8, 4) is 17.4 Å². The van der Waals surface area contributed by atoms with Gasteiger partial charge in [-0.15, -0.1) is 0 Å². The molecule has 0 atom stereocenters. The maximum absolute atomic E-state index is 12.6. The van der Waals surface area contributed by atoms with Crippen LogP contribution in [-0.4, -0.2) is 25.4 Å². The quantitative estimate of drug-likeness (QED) is 0.403. The zero-order valence-corrected chi connectivity index (χ0v) is 20.4. The maximum Gasteiger partial charge on any atom is 0.255 e. The first-order valence-electron chi connectivity index (χ1n) is 11.2. The van der Waals surface area contributed by atoms with Gasteiger partial charge in [-0.2, -0.15) is 4.98 Å². The number of aromatic nitrogens is 4. The third-order valence-electron chi connectivity index (χ3n) is 5.65. The van der Waals surface area contributed by atoms with Crippen molar-refractivity contribution in [2.24, 2.45) is 0 Å². The van der Waals surface area contributed by atoms with Crippen molar-refractivity contribution in [1.29, 1.82) is 0 Å². The molecule has 0 unspecified atom stereocenters. The summed E-state index contributed by atoms with van der Waals surface area (Å²) in [6.07, 6.45) is 1.74. The van der Waals surface area contributed by atoms with Crippen molar-refractivity contribution in [2.45, 2.75) is 47.0 Å². The standard InChI is InChI=1S/C27H29N5O2/c1-17-18(2)32(16-28-17)24-15-25(30-19(3)29-24)34-23-13-11-22(12-14-23)31-26(33)20-7-9-21(10-8-20)27(4,5)6/h7-16H,1-6H3,(H,31,33). The Balaban J connectivity index is 1.45. The van der Waals surface area contributed by atoms with Crippen molar-refractivity contribution in [1.82, 2.24) is 19.5 Å². The van der Waals surface area contributed by atoms with E-state index in [4.69, 9.17) is 4.74 Å². The van der Waals surface area contributed by atoms with Crippen LogP contribution in [0.3, 0.4) is 0 Å². The Kier molecular flexibility index (Phi) is 6.20. The Bertz CT molecular complexity index is 1320. The number of anilines is 1. The van der Waals surface area contributed by atoms with Crippen molar-refractivity contribution in [3.63, 3.8) is 0 Å². The van der Waals surface area contributed by atoms with Crippen molar-refractivity contribution in [2.75, 3.05) is 5.32 Å². The van der Waals surface area contributed by atoms with Gasteiger partial charge in [0.1, 0.15) is 23.7 Å². The number of rotatable bonds is 5. The number of hydrogen-bond donors (Lipinski definition) is 1. The van der Waals surface area contributed by atoms with E-state index >= 15 is 0 Å². The summed E-state index contributed by atoms with van der Waals surface area (Å²) in [6, 6.07) is 16.7. The minimum atomic E-state index is -0.156. The highest BCUT2D eigenvalue weighted by Crippen LogP contribution is 2.25. The Labute approximate surface area is 199 Å². The van der Waals surface area contributed by atoms with E-state index in [1.165, 1.54) is 5.56 Å². The van der Waals surface area contributed by atoms with E-state index in [0.717, 1.165) is 11.4 Å². The largest absolute Gasteiger partial charge is 0.439 e. The molecule has 0 aliphatic heterocycles. The molecular weight excluding hydrogens is 426 g/mol. The lowest BCUT2D eigenvalue weighted by Gasteiger charge is -2.19. The predicted octanol–water partition coefficient (Wildman–Crippen LogP) is 5.93. The maximum atomic E-state index is 12.6. The number of imidazole rings is 1. The molecular formula is C27H29N5O2. The van der Waals surface area contributed by atoms with Crippen molar-refractivity contribution < 1.29 is 9.53 Å². The molecule has 4 aromatic rings. The topological polar surface area (TPSA) is 81.9 Å². The number of carbonyl (C=O) groups is 1. The van der Waals surface area contributed by atoms with E-state index in [9.17, 15) is 4.79 Å². The minimum Gasteiger partial charge on any atom is -0.439 e. The summed E-state index contributed by atoms with van der Waals surface area (Å²) < 4.78 is 7.87.